The van der Waals surface area contributed by atoms with E-state index in [1.54, 1.807) is 0 Å². The molecular formula is C48H34BN3S. The minimum Gasteiger partial charge on any atom is -0.311 e. The molecule has 0 atom stereocenters. The topological polar surface area (TPSA) is 9.72 Å². The standard InChI is InChI=1S/C48H34BN3S/c1-3-11-35(12-4-1)51-42-17-9-8-16-41(42)49-46-43(51)29-39(50(37-25-23-31-19-21-33(31)27-37)38-26-24-32-20-22-34(32)28-38)30-44(46)52(36-13-5-2-6-14-36)47-40-15-7-10-18-45(40)53-48(47)49/h1-18,23-30H,19-22H2. The second-order valence-electron chi connectivity index (χ2n) is 14.8. The van der Waals surface area contributed by atoms with Gasteiger partial charge in [0, 0.05) is 54.7 Å². The first kappa shape index (κ1) is 29.5. The number of anilines is 9. The van der Waals surface area contributed by atoms with Gasteiger partial charge in [0.05, 0.1) is 11.4 Å². The van der Waals surface area contributed by atoms with Crippen LogP contribution in [0.2, 0.25) is 0 Å². The molecule has 2 aliphatic carbocycles. The fourth-order valence-corrected chi connectivity index (χ4v) is 10.6. The zero-order valence-corrected chi connectivity index (χ0v) is 30.0. The van der Waals surface area contributed by atoms with Gasteiger partial charge < -0.3 is 14.7 Å². The summed E-state index contributed by atoms with van der Waals surface area (Å²) in [6, 6.07) is 59.3. The minimum atomic E-state index is 0.0963. The Morgan fingerprint density at radius 3 is 1.68 bits per heavy atom. The first-order valence-electron chi connectivity index (χ1n) is 18.8. The van der Waals surface area contributed by atoms with Crippen molar-refractivity contribution in [3.8, 4) is 0 Å². The van der Waals surface area contributed by atoms with Crippen LogP contribution in [0.3, 0.4) is 0 Å². The summed E-state index contributed by atoms with van der Waals surface area (Å²) in [5, 5.41) is 1.30. The van der Waals surface area contributed by atoms with Crippen LogP contribution in [-0.2, 0) is 25.7 Å². The Bertz CT molecular complexity index is 2720. The number of para-hydroxylation sites is 3. The molecule has 0 spiro atoms. The maximum atomic E-state index is 2.57. The number of benzene rings is 7. The lowest BCUT2D eigenvalue weighted by atomic mass is 9.36. The first-order valence-corrected chi connectivity index (χ1v) is 19.6. The van der Waals surface area contributed by atoms with Crippen LogP contribution in [-0.4, -0.2) is 6.71 Å². The molecule has 2 aliphatic heterocycles. The molecule has 250 valence electrons. The van der Waals surface area contributed by atoms with Crippen LogP contribution in [0.1, 0.15) is 22.3 Å². The molecule has 8 aromatic rings. The summed E-state index contributed by atoms with van der Waals surface area (Å²) in [6.07, 6.45) is 4.64. The fraction of sp³-hybridized carbons (Fsp3) is 0.0833. The predicted molar refractivity (Wildman–Crippen MR) is 225 cm³/mol. The van der Waals surface area contributed by atoms with Crippen molar-refractivity contribution in [2.75, 3.05) is 14.7 Å². The van der Waals surface area contributed by atoms with E-state index < -0.39 is 0 Å². The number of hydrogen-bond acceptors (Lipinski definition) is 4. The summed E-state index contributed by atoms with van der Waals surface area (Å²) in [5.74, 6) is 0. The zero-order valence-electron chi connectivity index (χ0n) is 29.2. The van der Waals surface area contributed by atoms with Crippen molar-refractivity contribution < 1.29 is 0 Å². The quantitative estimate of drug-likeness (QED) is 0.166. The van der Waals surface area contributed by atoms with E-state index in [4.69, 9.17) is 0 Å². The molecule has 0 saturated heterocycles. The van der Waals surface area contributed by atoms with E-state index in [0.717, 1.165) is 12.8 Å². The lowest BCUT2D eigenvalue weighted by Gasteiger charge is -2.44. The molecule has 0 amide bonds. The SMILES string of the molecule is c1ccc(N2c3ccccc3B3c4sc5ccccc5c4N(c4ccccc4)c4cc(N(c5ccc6c(c5)CC6)c5ccc6c(c5)CC6)cc2c43)cc1. The molecule has 53 heavy (non-hydrogen) atoms. The highest BCUT2D eigenvalue weighted by Gasteiger charge is 2.45. The summed E-state index contributed by atoms with van der Waals surface area (Å²) in [7, 11) is 0. The van der Waals surface area contributed by atoms with Gasteiger partial charge in [0.2, 0.25) is 0 Å². The van der Waals surface area contributed by atoms with Crippen LogP contribution in [0.4, 0.5) is 51.2 Å². The van der Waals surface area contributed by atoms with Crippen LogP contribution in [0.5, 0.6) is 0 Å². The molecule has 12 rings (SSSR count). The van der Waals surface area contributed by atoms with Crippen molar-refractivity contribution in [1.29, 1.82) is 0 Å². The van der Waals surface area contributed by atoms with Gasteiger partial charge in [-0.2, -0.15) is 0 Å². The number of thiophene rings is 1. The van der Waals surface area contributed by atoms with Gasteiger partial charge in [-0.25, -0.2) is 0 Å². The highest BCUT2D eigenvalue weighted by Crippen LogP contribution is 2.50. The van der Waals surface area contributed by atoms with Gasteiger partial charge in [-0.05, 0) is 132 Å². The Balaban J connectivity index is 1.21. The van der Waals surface area contributed by atoms with E-state index in [2.05, 4.69) is 172 Å². The smallest absolute Gasteiger partial charge is 0.264 e. The van der Waals surface area contributed by atoms with Gasteiger partial charge in [0.1, 0.15) is 0 Å². The van der Waals surface area contributed by atoms with Gasteiger partial charge in [0.15, 0.2) is 0 Å². The van der Waals surface area contributed by atoms with Crippen molar-refractivity contribution >= 4 is 95.0 Å². The van der Waals surface area contributed by atoms with E-state index >= 15 is 0 Å². The Morgan fingerprint density at radius 1 is 0.472 bits per heavy atom. The maximum absolute atomic E-state index is 2.57. The summed E-state index contributed by atoms with van der Waals surface area (Å²) in [4.78, 5) is 7.61. The Morgan fingerprint density at radius 2 is 1.04 bits per heavy atom. The van der Waals surface area contributed by atoms with Crippen molar-refractivity contribution in [1.82, 2.24) is 0 Å². The normalized spacial score (nSPS) is 14.4. The molecule has 0 N–H and O–H groups in total. The van der Waals surface area contributed by atoms with Gasteiger partial charge in [0.25, 0.3) is 6.71 Å². The molecule has 0 fully saturated rings. The van der Waals surface area contributed by atoms with Crippen LogP contribution in [0.15, 0.2) is 158 Å². The highest BCUT2D eigenvalue weighted by molar-refractivity contribution is 7.33. The largest absolute Gasteiger partial charge is 0.311 e. The minimum absolute atomic E-state index is 0.0963. The Labute approximate surface area is 314 Å². The fourth-order valence-electron chi connectivity index (χ4n) is 9.28. The number of fused-ring (bicyclic) bond motifs is 8. The molecule has 0 saturated carbocycles. The summed E-state index contributed by atoms with van der Waals surface area (Å²) < 4.78 is 2.72. The summed E-state index contributed by atoms with van der Waals surface area (Å²) in [6.45, 7) is 0.0963. The second-order valence-corrected chi connectivity index (χ2v) is 15.9. The van der Waals surface area contributed by atoms with Crippen molar-refractivity contribution in [2.24, 2.45) is 0 Å². The maximum Gasteiger partial charge on any atom is 0.264 e. The molecule has 3 heterocycles. The predicted octanol–water partition coefficient (Wildman–Crippen LogP) is 10.7. The van der Waals surface area contributed by atoms with Crippen LogP contribution >= 0.6 is 11.3 Å². The molecule has 7 aromatic carbocycles. The number of nitrogens with zero attached hydrogens (tertiary/aromatic N) is 3. The molecule has 5 heteroatoms. The first-order chi connectivity index (χ1) is 26.3. The van der Waals surface area contributed by atoms with Crippen molar-refractivity contribution in [3.05, 3.63) is 180 Å². The second kappa shape index (κ2) is 11.2. The number of aryl methyl sites for hydroxylation is 4. The number of hydrogen-bond donors (Lipinski definition) is 0. The Kier molecular flexibility index (Phi) is 6.26. The molecular weight excluding hydrogens is 661 g/mol. The molecule has 0 radical (unpaired) electrons. The number of rotatable bonds is 5. The molecule has 4 aliphatic rings. The molecule has 0 unspecified atom stereocenters. The van der Waals surface area contributed by atoms with Gasteiger partial charge >= 0.3 is 0 Å². The van der Waals surface area contributed by atoms with E-state index in [0.29, 0.717) is 0 Å². The van der Waals surface area contributed by atoms with E-state index in [1.807, 2.05) is 11.3 Å². The molecule has 3 nitrogen and oxygen atoms in total. The summed E-state index contributed by atoms with van der Waals surface area (Å²) >= 11 is 1.95. The van der Waals surface area contributed by atoms with E-state index in [9.17, 15) is 0 Å². The van der Waals surface area contributed by atoms with Crippen molar-refractivity contribution in [3.63, 3.8) is 0 Å². The average Bonchev–Trinajstić information content (AvgIpc) is 3.56. The average molecular weight is 696 g/mol. The molecule has 0 bridgehead atoms. The molecule has 1 aromatic heterocycles. The zero-order chi connectivity index (χ0) is 34.6. The van der Waals surface area contributed by atoms with E-state index in [-0.39, 0.29) is 6.71 Å². The monoisotopic (exact) mass is 695 g/mol. The van der Waals surface area contributed by atoms with E-state index in [1.165, 1.54) is 112 Å². The Hall–Kier alpha value is -6.04. The van der Waals surface area contributed by atoms with Crippen LogP contribution in [0.25, 0.3) is 10.1 Å². The van der Waals surface area contributed by atoms with Gasteiger partial charge in [-0.3, -0.25) is 0 Å². The third-order valence-corrected chi connectivity index (χ3v) is 13.2. The van der Waals surface area contributed by atoms with Crippen molar-refractivity contribution in [2.45, 2.75) is 25.7 Å². The third kappa shape index (κ3) is 4.29. The van der Waals surface area contributed by atoms with Crippen LogP contribution < -0.4 is 30.4 Å². The lowest BCUT2D eigenvalue weighted by molar-refractivity contribution is 0.836. The van der Waals surface area contributed by atoms with Gasteiger partial charge in [-0.15, -0.1) is 11.3 Å². The van der Waals surface area contributed by atoms with Crippen LogP contribution in [0, 0.1) is 0 Å². The lowest BCUT2D eigenvalue weighted by Crippen LogP contribution is -2.60. The highest BCUT2D eigenvalue weighted by atomic mass is 32.1. The third-order valence-electron chi connectivity index (χ3n) is 12.0. The van der Waals surface area contributed by atoms with Gasteiger partial charge in [-0.1, -0.05) is 84.9 Å². The summed E-state index contributed by atoms with van der Waals surface area (Å²) in [5.41, 5.74) is 19.6.